The summed E-state index contributed by atoms with van der Waals surface area (Å²) >= 11 is 2.05. The van der Waals surface area contributed by atoms with Crippen molar-refractivity contribution in [3.05, 3.63) is 23.5 Å². The maximum atomic E-state index is 11.4. The van der Waals surface area contributed by atoms with Crippen molar-refractivity contribution in [2.24, 2.45) is 0 Å². The number of thioether (sulfide) groups is 1. The molecule has 0 radical (unpaired) electrons. The highest BCUT2D eigenvalue weighted by atomic mass is 32.2. The number of nitrogens with one attached hydrogen (secondary N) is 1. The average Bonchev–Trinajstić information content (AvgIpc) is 2.75. The molecule has 1 N–H and O–H groups in total. The Bertz CT molecular complexity index is 409. The third kappa shape index (κ3) is 3.29. The molecule has 1 saturated heterocycles. The summed E-state index contributed by atoms with van der Waals surface area (Å²) in [6.45, 7) is 7.64. The first-order valence-electron chi connectivity index (χ1n) is 6.22. The number of hydrogen-bond donors (Lipinski definition) is 1. The van der Waals surface area contributed by atoms with Crippen LogP contribution in [0.15, 0.2) is 12.3 Å². The summed E-state index contributed by atoms with van der Waals surface area (Å²) in [6.07, 6.45) is 1.89. The Morgan fingerprint density at radius 3 is 2.78 bits per heavy atom. The van der Waals surface area contributed by atoms with Crippen molar-refractivity contribution in [1.82, 2.24) is 9.88 Å². The standard InChI is InChI=1S/C13H20N2O2S/c1-9-6-15(7-10(2)18-9)8-11-4-12(14-5-11)13(16)17-3/h4-5,9-10,14H,6-8H2,1-3H3/t9-,10-/m0/s1. The van der Waals surface area contributed by atoms with Gasteiger partial charge in [-0.05, 0) is 11.6 Å². The van der Waals surface area contributed by atoms with Crippen LogP contribution in [0.3, 0.4) is 0 Å². The van der Waals surface area contributed by atoms with Crippen LogP contribution in [0.1, 0.15) is 29.9 Å². The van der Waals surface area contributed by atoms with E-state index in [1.54, 1.807) is 0 Å². The van der Waals surface area contributed by atoms with Crippen molar-refractivity contribution in [1.29, 1.82) is 0 Å². The first-order valence-corrected chi connectivity index (χ1v) is 7.16. The second-order valence-electron chi connectivity index (χ2n) is 4.86. The van der Waals surface area contributed by atoms with Crippen molar-refractivity contribution < 1.29 is 9.53 Å². The van der Waals surface area contributed by atoms with Crippen LogP contribution in [0.4, 0.5) is 0 Å². The molecule has 4 nitrogen and oxygen atoms in total. The van der Waals surface area contributed by atoms with Crippen LogP contribution in [0.5, 0.6) is 0 Å². The molecule has 2 rings (SSSR count). The zero-order valence-corrected chi connectivity index (χ0v) is 11.9. The van der Waals surface area contributed by atoms with E-state index in [0.717, 1.165) is 25.2 Å². The minimum atomic E-state index is -0.308. The molecule has 18 heavy (non-hydrogen) atoms. The van der Waals surface area contributed by atoms with E-state index in [4.69, 9.17) is 0 Å². The topological polar surface area (TPSA) is 45.3 Å². The Morgan fingerprint density at radius 1 is 1.50 bits per heavy atom. The van der Waals surface area contributed by atoms with Crippen LogP contribution in [-0.2, 0) is 11.3 Å². The number of rotatable bonds is 3. The summed E-state index contributed by atoms with van der Waals surface area (Å²) in [5.41, 5.74) is 1.67. The van der Waals surface area contributed by atoms with Gasteiger partial charge in [0, 0.05) is 36.3 Å². The Labute approximate surface area is 112 Å². The van der Waals surface area contributed by atoms with Gasteiger partial charge in [-0.1, -0.05) is 13.8 Å². The number of methoxy groups -OCH3 is 1. The van der Waals surface area contributed by atoms with E-state index < -0.39 is 0 Å². The molecule has 0 aromatic carbocycles. The first kappa shape index (κ1) is 13.5. The number of aromatic nitrogens is 1. The van der Waals surface area contributed by atoms with Crippen LogP contribution in [0, 0.1) is 0 Å². The van der Waals surface area contributed by atoms with Crippen LogP contribution >= 0.6 is 11.8 Å². The van der Waals surface area contributed by atoms with Crippen molar-refractivity contribution in [3.8, 4) is 0 Å². The molecule has 1 fully saturated rings. The summed E-state index contributed by atoms with van der Waals surface area (Å²) in [6, 6.07) is 1.88. The SMILES string of the molecule is COC(=O)c1cc(CN2C[C@H](C)S[C@@H](C)C2)c[nH]1. The lowest BCUT2D eigenvalue weighted by atomic mass is 10.2. The van der Waals surface area contributed by atoms with E-state index in [-0.39, 0.29) is 5.97 Å². The second kappa shape index (κ2) is 5.80. The highest BCUT2D eigenvalue weighted by Crippen LogP contribution is 2.25. The van der Waals surface area contributed by atoms with Gasteiger partial charge in [-0.3, -0.25) is 4.90 Å². The van der Waals surface area contributed by atoms with Gasteiger partial charge in [0.05, 0.1) is 7.11 Å². The Hall–Kier alpha value is -0.940. The first-order chi connectivity index (χ1) is 8.58. The zero-order chi connectivity index (χ0) is 13.1. The van der Waals surface area contributed by atoms with Crippen LogP contribution in [-0.4, -0.2) is 46.6 Å². The fourth-order valence-corrected chi connectivity index (χ4v) is 3.82. The highest BCUT2D eigenvalue weighted by molar-refractivity contribution is 8.00. The maximum absolute atomic E-state index is 11.4. The van der Waals surface area contributed by atoms with Gasteiger partial charge >= 0.3 is 5.97 Å². The van der Waals surface area contributed by atoms with Gasteiger partial charge in [0.1, 0.15) is 5.69 Å². The lowest BCUT2D eigenvalue weighted by Gasteiger charge is -2.34. The number of carbonyl (C=O) groups is 1. The normalized spacial score (nSPS) is 25.1. The fourth-order valence-electron chi connectivity index (χ4n) is 2.43. The molecule has 0 saturated carbocycles. The number of carbonyl (C=O) groups excluding carboxylic acids is 1. The zero-order valence-electron chi connectivity index (χ0n) is 11.1. The van der Waals surface area contributed by atoms with Gasteiger partial charge in [0.15, 0.2) is 0 Å². The van der Waals surface area contributed by atoms with E-state index in [0.29, 0.717) is 16.2 Å². The molecule has 0 spiro atoms. The maximum Gasteiger partial charge on any atom is 0.354 e. The number of aromatic amines is 1. The smallest absolute Gasteiger partial charge is 0.354 e. The van der Waals surface area contributed by atoms with E-state index in [2.05, 4.69) is 28.5 Å². The predicted octanol–water partition coefficient (Wildman–Crippen LogP) is 2.13. The molecule has 0 amide bonds. The third-order valence-corrected chi connectivity index (χ3v) is 4.28. The third-order valence-electron chi connectivity index (χ3n) is 3.05. The largest absolute Gasteiger partial charge is 0.464 e. The summed E-state index contributed by atoms with van der Waals surface area (Å²) in [5.74, 6) is -0.308. The summed E-state index contributed by atoms with van der Waals surface area (Å²) in [5, 5.41) is 1.35. The van der Waals surface area contributed by atoms with Crippen LogP contribution < -0.4 is 0 Å². The average molecular weight is 268 g/mol. The minimum Gasteiger partial charge on any atom is -0.464 e. The van der Waals surface area contributed by atoms with E-state index >= 15 is 0 Å². The number of esters is 1. The lowest BCUT2D eigenvalue weighted by molar-refractivity contribution is 0.0595. The fraction of sp³-hybridized carbons (Fsp3) is 0.615. The second-order valence-corrected chi connectivity index (χ2v) is 6.75. The monoisotopic (exact) mass is 268 g/mol. The number of ether oxygens (including phenoxy) is 1. The molecule has 1 aromatic heterocycles. The molecule has 5 heteroatoms. The van der Waals surface area contributed by atoms with Gasteiger partial charge in [-0.15, -0.1) is 0 Å². The van der Waals surface area contributed by atoms with Gasteiger partial charge < -0.3 is 9.72 Å². The molecule has 1 aromatic rings. The van der Waals surface area contributed by atoms with Crippen molar-refractivity contribution in [2.75, 3.05) is 20.2 Å². The van der Waals surface area contributed by atoms with Gasteiger partial charge in [0.25, 0.3) is 0 Å². The number of hydrogen-bond acceptors (Lipinski definition) is 4. The van der Waals surface area contributed by atoms with Crippen LogP contribution in [0.25, 0.3) is 0 Å². The Morgan fingerprint density at radius 2 is 2.17 bits per heavy atom. The molecule has 1 aliphatic rings. The molecule has 0 bridgehead atoms. The minimum absolute atomic E-state index is 0.308. The van der Waals surface area contributed by atoms with Crippen molar-refractivity contribution >= 4 is 17.7 Å². The molecule has 2 atom stereocenters. The van der Waals surface area contributed by atoms with E-state index in [1.807, 2.05) is 24.0 Å². The highest BCUT2D eigenvalue weighted by Gasteiger charge is 2.22. The lowest BCUT2D eigenvalue weighted by Crippen LogP contribution is -2.39. The molecule has 2 heterocycles. The van der Waals surface area contributed by atoms with Crippen molar-refractivity contribution in [3.63, 3.8) is 0 Å². The quantitative estimate of drug-likeness (QED) is 0.853. The van der Waals surface area contributed by atoms with Crippen molar-refractivity contribution in [2.45, 2.75) is 30.9 Å². The molecule has 0 unspecified atom stereocenters. The Kier molecular flexibility index (Phi) is 4.35. The Balaban J connectivity index is 1.96. The molecule has 0 aliphatic carbocycles. The van der Waals surface area contributed by atoms with Gasteiger partial charge in [-0.2, -0.15) is 11.8 Å². The van der Waals surface area contributed by atoms with E-state index in [1.165, 1.54) is 7.11 Å². The van der Waals surface area contributed by atoms with Gasteiger partial charge in [0.2, 0.25) is 0 Å². The summed E-state index contributed by atoms with van der Waals surface area (Å²) < 4.78 is 4.69. The predicted molar refractivity (Wildman–Crippen MR) is 73.9 cm³/mol. The van der Waals surface area contributed by atoms with E-state index in [9.17, 15) is 4.79 Å². The molecule has 100 valence electrons. The number of H-pyrrole nitrogens is 1. The molecular weight excluding hydrogens is 248 g/mol. The summed E-state index contributed by atoms with van der Waals surface area (Å²) in [7, 11) is 1.40. The molecule has 1 aliphatic heterocycles. The summed E-state index contributed by atoms with van der Waals surface area (Å²) in [4.78, 5) is 16.8. The van der Waals surface area contributed by atoms with Crippen LogP contribution in [0.2, 0.25) is 0 Å². The van der Waals surface area contributed by atoms with Gasteiger partial charge in [-0.25, -0.2) is 4.79 Å². The number of nitrogens with zero attached hydrogens (tertiary/aromatic N) is 1. The molecular formula is C13H20N2O2S.